The number of halogens is 1. The van der Waals surface area contributed by atoms with Gasteiger partial charge in [-0.3, -0.25) is 9.32 Å². The van der Waals surface area contributed by atoms with Crippen LogP contribution >= 0.6 is 7.75 Å². The van der Waals surface area contributed by atoms with E-state index in [1.807, 2.05) is 0 Å². The third kappa shape index (κ3) is 4.97. The van der Waals surface area contributed by atoms with Crippen molar-refractivity contribution < 1.29 is 47.2 Å². The number of methoxy groups -OCH3 is 1. The summed E-state index contributed by atoms with van der Waals surface area (Å²) in [4.78, 5) is 16.5. The van der Waals surface area contributed by atoms with Crippen molar-refractivity contribution in [2.75, 3.05) is 26.1 Å². The lowest BCUT2D eigenvalue weighted by atomic mass is 10.0. The van der Waals surface area contributed by atoms with Crippen molar-refractivity contribution in [3.63, 3.8) is 0 Å². The number of hydrogen-bond acceptors (Lipinski definition) is 12. The Balaban J connectivity index is 1.39. The first kappa shape index (κ1) is 29.3. The normalized spacial score (nSPS) is 29.9. The summed E-state index contributed by atoms with van der Waals surface area (Å²) in [5.41, 5.74) is 2.14. The molecule has 16 heteroatoms. The lowest BCUT2D eigenvalue weighted by Gasteiger charge is -2.27. The molecule has 2 aromatic heterocycles. The predicted molar refractivity (Wildman–Crippen MR) is 140 cm³/mol. The number of nitrogens with zero attached hydrogens (tertiary/aromatic N) is 3. The maximum absolute atomic E-state index is 14.6. The number of nitrogens with one attached hydrogen (secondary N) is 1. The Morgan fingerprint density at radius 3 is 2.68 bits per heavy atom. The third-order valence-electron chi connectivity index (χ3n) is 7.27. The first-order valence-electron chi connectivity index (χ1n) is 12.7. The third-order valence-corrected chi connectivity index (χ3v) is 8.92. The average Bonchev–Trinajstić information content (AvgIpc) is 3.21. The Hall–Kier alpha value is -3.17. The van der Waals surface area contributed by atoms with Gasteiger partial charge < -0.3 is 34.7 Å². The molecule has 2 fully saturated rings. The molecule has 1 aliphatic heterocycles. The fourth-order valence-electron chi connectivity index (χ4n) is 4.87. The standard InChI is InChI=1S/C25H31FN5O9P/c1-14(36-3)11-37-22(33)15(2)30-41(35,39-16-7-5-4-6-8-16)40-23-24(12-26)25(23,34)20(32)19(38-24)17-9-10-18-21(27)28-13-29-31(17)18/h4-10,13-15,19-20,23,32,34H,11-12H2,1-3H3,(H,30,35)(H2,27,28,29)/t14-,15-,19-,20-,23?,24+,25+,41-/m0/s1. The quantitative estimate of drug-likeness (QED) is 0.174. The van der Waals surface area contributed by atoms with Crippen molar-refractivity contribution in [2.45, 2.75) is 55.5 Å². The van der Waals surface area contributed by atoms with Gasteiger partial charge in [0.1, 0.15) is 55.2 Å². The number of para-hydroxylation sites is 1. The molecular weight excluding hydrogens is 564 g/mol. The molecule has 0 amide bonds. The maximum atomic E-state index is 14.6. The number of alkyl halides is 1. The van der Waals surface area contributed by atoms with E-state index in [9.17, 15) is 24.0 Å². The van der Waals surface area contributed by atoms with Gasteiger partial charge in [-0.2, -0.15) is 10.2 Å². The van der Waals surface area contributed by atoms with Crippen LogP contribution in [0.15, 0.2) is 48.8 Å². The van der Waals surface area contributed by atoms with Gasteiger partial charge in [-0.1, -0.05) is 18.2 Å². The van der Waals surface area contributed by atoms with Gasteiger partial charge in [0, 0.05) is 7.11 Å². The van der Waals surface area contributed by atoms with E-state index in [0.29, 0.717) is 5.52 Å². The Kier molecular flexibility index (Phi) is 7.80. The number of carbonyl (C=O) groups is 1. The summed E-state index contributed by atoms with van der Waals surface area (Å²) in [6, 6.07) is 9.81. The zero-order chi connectivity index (χ0) is 29.6. The Morgan fingerprint density at radius 2 is 2.02 bits per heavy atom. The number of nitrogens with two attached hydrogens (primary N) is 1. The molecule has 14 nitrogen and oxygen atoms in total. The molecule has 3 aromatic rings. The molecule has 1 aromatic carbocycles. The van der Waals surface area contributed by atoms with Crippen LogP contribution in [0.4, 0.5) is 10.2 Å². The van der Waals surface area contributed by atoms with Crippen LogP contribution < -0.4 is 15.3 Å². The highest BCUT2D eigenvalue weighted by Gasteiger charge is 2.89. The van der Waals surface area contributed by atoms with Crippen LogP contribution in [0.25, 0.3) is 5.52 Å². The molecule has 3 heterocycles. The number of carbonyl (C=O) groups excluding carboxylic acids is 1. The van der Waals surface area contributed by atoms with Gasteiger partial charge in [0.2, 0.25) is 0 Å². The minimum atomic E-state index is -4.55. The molecule has 8 atom stereocenters. The van der Waals surface area contributed by atoms with E-state index in [0.717, 1.165) is 0 Å². The number of anilines is 1. The van der Waals surface area contributed by atoms with E-state index in [4.69, 9.17) is 29.0 Å². The number of fused-ring (bicyclic) bond motifs is 2. The number of hydrogen-bond donors (Lipinski definition) is 4. The van der Waals surface area contributed by atoms with Crippen molar-refractivity contribution in [3.05, 3.63) is 54.5 Å². The number of rotatable bonds is 12. The van der Waals surface area contributed by atoms with Gasteiger partial charge in [0.15, 0.2) is 17.0 Å². The van der Waals surface area contributed by atoms with Crippen LogP contribution in [0.5, 0.6) is 5.75 Å². The number of ether oxygens (including phenoxy) is 3. The van der Waals surface area contributed by atoms with Gasteiger partial charge in [0.25, 0.3) is 0 Å². The molecule has 0 spiro atoms. The molecule has 0 bridgehead atoms. The summed E-state index contributed by atoms with van der Waals surface area (Å²) in [5, 5.41) is 29.2. The largest absolute Gasteiger partial charge is 0.462 e. The summed E-state index contributed by atoms with van der Waals surface area (Å²) in [7, 11) is -3.09. The van der Waals surface area contributed by atoms with Crippen LogP contribution in [-0.2, 0) is 28.1 Å². The second-order valence-electron chi connectivity index (χ2n) is 9.95. The molecule has 2 aliphatic rings. The number of aliphatic hydroxyl groups is 2. The Morgan fingerprint density at radius 1 is 1.29 bits per heavy atom. The van der Waals surface area contributed by atoms with Gasteiger partial charge in [-0.05, 0) is 38.1 Å². The molecular formula is C25H31FN5O9P. The second-order valence-corrected chi connectivity index (χ2v) is 11.6. The highest BCUT2D eigenvalue weighted by atomic mass is 31.2. The SMILES string of the molecule is CO[C@@H](C)COC(=O)[C@H](C)N[P@](=O)(Oc1ccccc1)OC1[C@@]2(CF)O[C@@H](c3ccc4c(N)ncnn34)[C@H](O)[C@@]12O. The van der Waals surface area contributed by atoms with Crippen LogP contribution in [0.2, 0.25) is 0 Å². The van der Waals surface area contributed by atoms with E-state index in [2.05, 4.69) is 15.2 Å². The Bertz CT molecular complexity index is 1460. The summed E-state index contributed by atoms with van der Waals surface area (Å²) in [6.07, 6.45) is -3.81. The van der Waals surface area contributed by atoms with Crippen molar-refractivity contribution in [1.82, 2.24) is 19.7 Å². The van der Waals surface area contributed by atoms with E-state index in [1.165, 1.54) is 37.0 Å². The van der Waals surface area contributed by atoms with Crippen molar-refractivity contribution >= 4 is 25.1 Å². The number of aromatic nitrogens is 3. The predicted octanol–water partition coefficient (Wildman–Crippen LogP) is 1.33. The summed E-state index contributed by atoms with van der Waals surface area (Å²) in [5.74, 6) is -0.527. The average molecular weight is 596 g/mol. The van der Waals surface area contributed by atoms with Gasteiger partial charge >= 0.3 is 13.7 Å². The monoisotopic (exact) mass is 595 g/mol. The lowest BCUT2D eigenvalue weighted by molar-refractivity contribution is -0.148. The zero-order valence-electron chi connectivity index (χ0n) is 22.4. The lowest BCUT2D eigenvalue weighted by Crippen LogP contribution is -2.39. The van der Waals surface area contributed by atoms with E-state index < -0.39 is 55.9 Å². The highest BCUT2D eigenvalue weighted by Crippen LogP contribution is 2.68. The second kappa shape index (κ2) is 10.9. The first-order valence-corrected chi connectivity index (χ1v) is 14.3. The van der Waals surface area contributed by atoms with Crippen LogP contribution in [0.3, 0.4) is 0 Å². The molecule has 0 radical (unpaired) electrons. The van der Waals surface area contributed by atoms with Crippen molar-refractivity contribution in [3.8, 4) is 5.75 Å². The molecule has 1 saturated heterocycles. The molecule has 5 rings (SSSR count). The smallest absolute Gasteiger partial charge is 0.459 e. The van der Waals surface area contributed by atoms with Crippen molar-refractivity contribution in [2.24, 2.45) is 0 Å². The van der Waals surface area contributed by atoms with Crippen molar-refractivity contribution in [1.29, 1.82) is 0 Å². The molecule has 41 heavy (non-hydrogen) atoms. The topological polar surface area (TPSA) is 189 Å². The fraction of sp³-hybridized carbons (Fsp3) is 0.480. The summed E-state index contributed by atoms with van der Waals surface area (Å²) < 4.78 is 57.4. The minimum Gasteiger partial charge on any atom is -0.462 e. The van der Waals surface area contributed by atoms with Crippen LogP contribution in [0.1, 0.15) is 25.6 Å². The molecule has 1 saturated carbocycles. The van der Waals surface area contributed by atoms with E-state index in [-0.39, 0.29) is 30.0 Å². The molecule has 1 unspecified atom stereocenters. The Labute approximate surface area is 234 Å². The molecule has 5 N–H and O–H groups in total. The minimum absolute atomic E-state index is 0.0637. The van der Waals surface area contributed by atoms with Crippen LogP contribution in [0, 0.1) is 0 Å². The van der Waals surface area contributed by atoms with E-state index >= 15 is 0 Å². The summed E-state index contributed by atoms with van der Waals surface area (Å²) >= 11 is 0. The maximum Gasteiger partial charge on any atom is 0.459 e. The van der Waals surface area contributed by atoms with E-state index in [1.54, 1.807) is 37.3 Å². The highest BCUT2D eigenvalue weighted by molar-refractivity contribution is 7.52. The van der Waals surface area contributed by atoms with Gasteiger partial charge in [-0.25, -0.2) is 18.5 Å². The van der Waals surface area contributed by atoms with Crippen LogP contribution in [-0.4, -0.2) is 86.7 Å². The number of nitrogen functional groups attached to an aromatic ring is 1. The molecule has 1 aliphatic carbocycles. The summed E-state index contributed by atoms with van der Waals surface area (Å²) in [6.45, 7) is 1.69. The van der Waals surface area contributed by atoms with Gasteiger partial charge in [0.05, 0.1) is 11.8 Å². The molecule has 222 valence electrons. The first-order chi connectivity index (χ1) is 19.5. The fourth-order valence-corrected chi connectivity index (χ4v) is 6.61. The zero-order valence-corrected chi connectivity index (χ0v) is 23.3. The number of aliphatic hydroxyl groups excluding tert-OH is 1. The number of benzene rings is 1. The van der Waals surface area contributed by atoms with Gasteiger partial charge in [-0.15, -0.1) is 0 Å². The number of esters is 1.